The normalized spacial score (nSPS) is 11.9. The Morgan fingerprint density at radius 1 is 1.57 bits per heavy atom. The summed E-state index contributed by atoms with van der Waals surface area (Å²) < 4.78 is 23.4. The number of aromatic nitrogens is 2. The van der Waals surface area contributed by atoms with Crippen molar-refractivity contribution < 1.29 is 13.5 Å². The SMILES string of the molecule is CS(=O)(=O)CCCn1cnc(CO)c1. The van der Waals surface area contributed by atoms with E-state index < -0.39 is 9.84 Å². The molecular weight excluding hydrogens is 204 g/mol. The van der Waals surface area contributed by atoms with Crippen molar-refractivity contribution in [1.82, 2.24) is 9.55 Å². The predicted molar refractivity (Wildman–Crippen MR) is 52.5 cm³/mol. The van der Waals surface area contributed by atoms with Crippen LogP contribution in [0.5, 0.6) is 0 Å². The van der Waals surface area contributed by atoms with Crippen LogP contribution < -0.4 is 0 Å². The lowest BCUT2D eigenvalue weighted by Crippen LogP contribution is -2.06. The fourth-order valence-corrected chi connectivity index (χ4v) is 1.77. The number of rotatable bonds is 5. The highest BCUT2D eigenvalue weighted by Crippen LogP contribution is 1.98. The third kappa shape index (κ3) is 3.89. The van der Waals surface area contributed by atoms with E-state index in [-0.39, 0.29) is 12.4 Å². The lowest BCUT2D eigenvalue weighted by Gasteiger charge is -2.00. The molecule has 1 rings (SSSR count). The zero-order valence-electron chi connectivity index (χ0n) is 8.05. The number of aliphatic hydroxyl groups excluding tert-OH is 1. The number of nitrogens with zero attached hydrogens (tertiary/aromatic N) is 2. The molecule has 6 heteroatoms. The number of imidazole rings is 1. The van der Waals surface area contributed by atoms with Gasteiger partial charge >= 0.3 is 0 Å². The Morgan fingerprint density at radius 3 is 2.79 bits per heavy atom. The first-order chi connectivity index (χ1) is 6.51. The molecule has 0 saturated heterocycles. The lowest BCUT2D eigenvalue weighted by atomic mass is 10.4. The van der Waals surface area contributed by atoms with Crippen LogP contribution in [0, 0.1) is 0 Å². The van der Waals surface area contributed by atoms with Crippen molar-refractivity contribution in [3.8, 4) is 0 Å². The van der Waals surface area contributed by atoms with Crippen molar-refractivity contribution in [1.29, 1.82) is 0 Å². The first-order valence-corrected chi connectivity index (χ1v) is 6.36. The highest BCUT2D eigenvalue weighted by atomic mass is 32.2. The molecule has 1 heterocycles. The topological polar surface area (TPSA) is 72.2 Å². The fourth-order valence-electron chi connectivity index (χ4n) is 1.12. The van der Waals surface area contributed by atoms with E-state index in [1.165, 1.54) is 6.26 Å². The molecule has 0 aliphatic carbocycles. The van der Waals surface area contributed by atoms with Crippen LogP contribution in [-0.2, 0) is 23.0 Å². The predicted octanol–water partition coefficient (Wildman–Crippen LogP) is -0.190. The summed E-state index contributed by atoms with van der Waals surface area (Å²) in [7, 11) is -2.88. The first kappa shape index (κ1) is 11.2. The van der Waals surface area contributed by atoms with E-state index in [4.69, 9.17) is 5.11 Å². The van der Waals surface area contributed by atoms with Crippen molar-refractivity contribution in [2.45, 2.75) is 19.6 Å². The molecule has 0 amide bonds. The van der Waals surface area contributed by atoms with Gasteiger partial charge in [0.25, 0.3) is 0 Å². The van der Waals surface area contributed by atoms with Crippen LogP contribution in [0.4, 0.5) is 0 Å². The van der Waals surface area contributed by atoms with E-state index in [0.717, 1.165) is 0 Å². The van der Waals surface area contributed by atoms with E-state index in [9.17, 15) is 8.42 Å². The maximum atomic E-state index is 10.8. The van der Waals surface area contributed by atoms with Crippen LogP contribution in [0.2, 0.25) is 0 Å². The summed E-state index contributed by atoms with van der Waals surface area (Å²) in [5.74, 6) is 0.180. The number of hydrogen-bond donors (Lipinski definition) is 1. The van der Waals surface area contributed by atoms with Gasteiger partial charge in [-0.05, 0) is 6.42 Å². The highest BCUT2D eigenvalue weighted by molar-refractivity contribution is 7.90. The van der Waals surface area contributed by atoms with Crippen LogP contribution in [0.15, 0.2) is 12.5 Å². The molecule has 0 aromatic carbocycles. The Hall–Kier alpha value is -0.880. The number of aryl methyl sites for hydroxylation is 1. The molecule has 1 N–H and O–H groups in total. The van der Waals surface area contributed by atoms with Crippen LogP contribution >= 0.6 is 0 Å². The highest BCUT2D eigenvalue weighted by Gasteiger charge is 2.02. The van der Waals surface area contributed by atoms with Crippen molar-refractivity contribution in [2.75, 3.05) is 12.0 Å². The zero-order chi connectivity index (χ0) is 10.6. The van der Waals surface area contributed by atoms with E-state index >= 15 is 0 Å². The number of hydrogen-bond acceptors (Lipinski definition) is 4. The molecule has 5 nitrogen and oxygen atoms in total. The molecule has 0 unspecified atom stereocenters. The quantitative estimate of drug-likeness (QED) is 0.743. The Labute approximate surface area is 83.3 Å². The average molecular weight is 218 g/mol. The van der Waals surface area contributed by atoms with Gasteiger partial charge in [-0.2, -0.15) is 0 Å². The van der Waals surface area contributed by atoms with Crippen molar-refractivity contribution in [3.05, 3.63) is 18.2 Å². The molecule has 1 aromatic heterocycles. The van der Waals surface area contributed by atoms with Gasteiger partial charge in [0.2, 0.25) is 0 Å². The molecule has 0 spiro atoms. The van der Waals surface area contributed by atoms with Gasteiger partial charge in [-0.1, -0.05) is 0 Å². The lowest BCUT2D eigenvalue weighted by molar-refractivity contribution is 0.277. The minimum absolute atomic E-state index is 0.0842. The molecular formula is C8H14N2O3S. The van der Waals surface area contributed by atoms with E-state index in [1.807, 2.05) is 0 Å². The minimum Gasteiger partial charge on any atom is -0.390 e. The maximum absolute atomic E-state index is 10.8. The summed E-state index contributed by atoms with van der Waals surface area (Å²) in [4.78, 5) is 3.91. The second kappa shape index (κ2) is 4.56. The summed E-state index contributed by atoms with van der Waals surface area (Å²) >= 11 is 0. The zero-order valence-corrected chi connectivity index (χ0v) is 8.87. The van der Waals surface area contributed by atoms with Gasteiger partial charge < -0.3 is 9.67 Å². The summed E-state index contributed by atoms with van der Waals surface area (Å²) in [6.07, 6.45) is 5.09. The Balaban J connectivity index is 2.39. The standard InChI is InChI=1S/C8H14N2O3S/c1-14(12,13)4-2-3-10-5-8(6-11)9-7-10/h5,7,11H,2-4,6H2,1H3. The first-order valence-electron chi connectivity index (χ1n) is 4.30. The number of sulfone groups is 1. The Bertz CT molecular complexity index is 383. The van der Waals surface area contributed by atoms with Crippen LogP contribution in [0.3, 0.4) is 0 Å². The van der Waals surface area contributed by atoms with Gasteiger partial charge in [-0.25, -0.2) is 13.4 Å². The van der Waals surface area contributed by atoms with E-state index in [1.54, 1.807) is 17.1 Å². The third-order valence-electron chi connectivity index (χ3n) is 1.78. The summed E-state index contributed by atoms with van der Waals surface area (Å²) in [6.45, 7) is 0.527. The molecule has 0 atom stereocenters. The van der Waals surface area contributed by atoms with Crippen molar-refractivity contribution in [3.63, 3.8) is 0 Å². The molecule has 80 valence electrons. The fraction of sp³-hybridized carbons (Fsp3) is 0.625. The van der Waals surface area contributed by atoms with Crippen molar-refractivity contribution >= 4 is 9.84 Å². The van der Waals surface area contributed by atoms with Crippen LogP contribution in [0.1, 0.15) is 12.1 Å². The second-order valence-corrected chi connectivity index (χ2v) is 5.50. The Morgan fingerprint density at radius 2 is 2.29 bits per heavy atom. The largest absolute Gasteiger partial charge is 0.390 e. The monoisotopic (exact) mass is 218 g/mol. The second-order valence-electron chi connectivity index (χ2n) is 3.24. The molecule has 0 aliphatic rings. The molecule has 0 fully saturated rings. The average Bonchev–Trinajstić information content (AvgIpc) is 2.50. The minimum atomic E-state index is -2.88. The van der Waals surface area contributed by atoms with Gasteiger partial charge in [-0.15, -0.1) is 0 Å². The maximum Gasteiger partial charge on any atom is 0.147 e. The molecule has 0 bridgehead atoms. The molecule has 14 heavy (non-hydrogen) atoms. The Kier molecular flexibility index (Phi) is 3.65. The van der Waals surface area contributed by atoms with Gasteiger partial charge in [-0.3, -0.25) is 0 Å². The third-order valence-corrected chi connectivity index (χ3v) is 2.81. The van der Waals surface area contributed by atoms with Crippen LogP contribution in [-0.4, -0.2) is 35.1 Å². The molecule has 0 saturated carbocycles. The molecule has 1 aromatic rings. The summed E-state index contributed by atoms with van der Waals surface area (Å²) in [5, 5.41) is 8.73. The van der Waals surface area contributed by atoms with Gasteiger partial charge in [0, 0.05) is 19.0 Å². The van der Waals surface area contributed by atoms with E-state index in [2.05, 4.69) is 4.98 Å². The van der Waals surface area contributed by atoms with Crippen LogP contribution in [0.25, 0.3) is 0 Å². The van der Waals surface area contributed by atoms with Gasteiger partial charge in [0.05, 0.1) is 24.4 Å². The smallest absolute Gasteiger partial charge is 0.147 e. The van der Waals surface area contributed by atoms with Gasteiger partial charge in [0.1, 0.15) is 9.84 Å². The van der Waals surface area contributed by atoms with Gasteiger partial charge in [0.15, 0.2) is 0 Å². The van der Waals surface area contributed by atoms with E-state index in [0.29, 0.717) is 18.7 Å². The molecule has 0 aliphatic heterocycles. The van der Waals surface area contributed by atoms with Crippen molar-refractivity contribution in [2.24, 2.45) is 0 Å². The number of aliphatic hydroxyl groups is 1. The summed E-state index contributed by atoms with van der Waals surface area (Å²) in [5.41, 5.74) is 0.601. The molecule has 0 radical (unpaired) electrons. The summed E-state index contributed by atoms with van der Waals surface area (Å²) in [6, 6.07) is 0.